The topological polar surface area (TPSA) is 47.4 Å². The van der Waals surface area contributed by atoms with Gasteiger partial charge in [-0.15, -0.1) is 0 Å². The molecular weight excluding hydrogens is 274 g/mol. The van der Waals surface area contributed by atoms with Crippen molar-refractivity contribution in [2.24, 2.45) is 4.99 Å². The molecule has 0 fully saturated rings. The first kappa shape index (κ1) is 13.4. The maximum absolute atomic E-state index is 5.62. The summed E-state index contributed by atoms with van der Waals surface area (Å²) in [6.07, 6.45) is 6.65. The Morgan fingerprint density at radius 1 is 1.18 bits per heavy atom. The van der Waals surface area contributed by atoms with Gasteiger partial charge in [0.2, 0.25) is 0 Å². The summed E-state index contributed by atoms with van der Waals surface area (Å²) in [5.74, 6) is 0.823. The molecule has 0 radical (unpaired) electrons. The predicted octanol–water partition coefficient (Wildman–Crippen LogP) is 3.13. The zero-order valence-corrected chi connectivity index (χ0v) is 13.0. The molecule has 0 bridgehead atoms. The van der Waals surface area contributed by atoms with E-state index in [4.69, 9.17) is 9.73 Å². The SMILES string of the molecule is CC1=N[C@]2(CCc3c(cccc3-c3cncc(C)n3)C2)CO1. The number of benzene rings is 1. The first-order chi connectivity index (χ1) is 10.7. The fraction of sp³-hybridized carbons (Fsp3) is 0.389. The van der Waals surface area contributed by atoms with Crippen LogP contribution in [0.15, 0.2) is 35.6 Å². The average molecular weight is 293 g/mol. The number of nitrogens with zero attached hydrogens (tertiary/aromatic N) is 3. The summed E-state index contributed by atoms with van der Waals surface area (Å²) in [5, 5.41) is 0. The van der Waals surface area contributed by atoms with Gasteiger partial charge in [0.05, 0.1) is 17.6 Å². The van der Waals surface area contributed by atoms with Crippen LogP contribution in [-0.2, 0) is 17.6 Å². The van der Waals surface area contributed by atoms with Crippen LogP contribution in [0.1, 0.15) is 30.2 Å². The molecule has 1 aliphatic carbocycles. The molecule has 1 spiro atoms. The van der Waals surface area contributed by atoms with E-state index in [1.807, 2.05) is 20.0 Å². The van der Waals surface area contributed by atoms with E-state index in [0.717, 1.165) is 36.5 Å². The maximum Gasteiger partial charge on any atom is 0.180 e. The second-order valence-corrected chi connectivity index (χ2v) is 6.31. The molecule has 1 atom stereocenters. The average Bonchev–Trinajstić information content (AvgIpc) is 2.87. The van der Waals surface area contributed by atoms with E-state index >= 15 is 0 Å². The molecule has 1 aromatic heterocycles. The quantitative estimate of drug-likeness (QED) is 0.811. The third-order valence-corrected chi connectivity index (χ3v) is 4.61. The third kappa shape index (κ3) is 2.19. The Hall–Kier alpha value is -2.23. The minimum atomic E-state index is -0.0476. The lowest BCUT2D eigenvalue weighted by atomic mass is 9.77. The Morgan fingerprint density at radius 3 is 2.86 bits per heavy atom. The van der Waals surface area contributed by atoms with Gasteiger partial charge in [0, 0.05) is 25.1 Å². The van der Waals surface area contributed by atoms with Gasteiger partial charge in [0.25, 0.3) is 0 Å². The molecule has 1 aliphatic heterocycles. The van der Waals surface area contributed by atoms with Crippen molar-refractivity contribution in [2.45, 2.75) is 38.6 Å². The van der Waals surface area contributed by atoms with Crippen LogP contribution in [-0.4, -0.2) is 28.0 Å². The summed E-state index contributed by atoms with van der Waals surface area (Å²) in [5.41, 5.74) is 5.85. The van der Waals surface area contributed by atoms with Crippen LogP contribution < -0.4 is 0 Å². The van der Waals surface area contributed by atoms with Crippen LogP contribution in [0.5, 0.6) is 0 Å². The highest BCUT2D eigenvalue weighted by Crippen LogP contribution is 2.38. The summed E-state index contributed by atoms with van der Waals surface area (Å²) in [7, 11) is 0. The van der Waals surface area contributed by atoms with Crippen LogP contribution in [0.3, 0.4) is 0 Å². The molecule has 0 saturated carbocycles. The van der Waals surface area contributed by atoms with Crippen molar-refractivity contribution in [1.29, 1.82) is 0 Å². The molecule has 4 nitrogen and oxygen atoms in total. The highest BCUT2D eigenvalue weighted by molar-refractivity contribution is 5.76. The van der Waals surface area contributed by atoms with E-state index in [2.05, 4.69) is 28.2 Å². The smallest absolute Gasteiger partial charge is 0.180 e. The van der Waals surface area contributed by atoms with Gasteiger partial charge in [0.1, 0.15) is 12.1 Å². The standard InChI is InChI=1S/C18H19N3O/c1-12-9-19-10-17(20-12)16-5-3-4-14-8-18(7-6-15(14)16)11-22-13(2)21-18/h3-5,9-10H,6-8,11H2,1-2H3/t18-/m0/s1. The van der Waals surface area contributed by atoms with Gasteiger partial charge in [-0.25, -0.2) is 9.98 Å². The normalized spacial score (nSPS) is 23.1. The second kappa shape index (κ2) is 4.90. The van der Waals surface area contributed by atoms with Crippen LogP contribution in [0.25, 0.3) is 11.3 Å². The number of aliphatic imine (C=N–C) groups is 1. The predicted molar refractivity (Wildman–Crippen MR) is 86.0 cm³/mol. The number of rotatable bonds is 1. The molecule has 22 heavy (non-hydrogen) atoms. The number of ether oxygens (including phenoxy) is 1. The summed E-state index contributed by atoms with van der Waals surface area (Å²) < 4.78 is 5.62. The molecule has 2 heterocycles. The number of fused-ring (bicyclic) bond motifs is 1. The van der Waals surface area contributed by atoms with Crippen LogP contribution in [0.2, 0.25) is 0 Å². The zero-order chi connectivity index (χ0) is 15.2. The lowest BCUT2D eigenvalue weighted by Gasteiger charge is -2.31. The molecule has 4 heteroatoms. The third-order valence-electron chi connectivity index (χ3n) is 4.61. The Bertz CT molecular complexity index is 769. The summed E-state index contributed by atoms with van der Waals surface area (Å²) in [4.78, 5) is 13.7. The van der Waals surface area contributed by atoms with Crippen molar-refractivity contribution in [1.82, 2.24) is 9.97 Å². The van der Waals surface area contributed by atoms with E-state index < -0.39 is 0 Å². The first-order valence-electron chi connectivity index (χ1n) is 7.74. The van der Waals surface area contributed by atoms with Gasteiger partial charge in [-0.05, 0) is 30.9 Å². The largest absolute Gasteiger partial charge is 0.479 e. The number of hydrogen-bond acceptors (Lipinski definition) is 4. The van der Waals surface area contributed by atoms with Crippen LogP contribution >= 0.6 is 0 Å². The van der Waals surface area contributed by atoms with Crippen molar-refractivity contribution < 1.29 is 4.74 Å². The monoisotopic (exact) mass is 293 g/mol. The van der Waals surface area contributed by atoms with E-state index in [0.29, 0.717) is 6.61 Å². The van der Waals surface area contributed by atoms with Gasteiger partial charge in [-0.2, -0.15) is 0 Å². The van der Waals surface area contributed by atoms with Crippen molar-refractivity contribution in [3.63, 3.8) is 0 Å². The summed E-state index contributed by atoms with van der Waals surface area (Å²) in [6, 6.07) is 6.48. The Labute approximate surface area is 130 Å². The molecule has 1 aromatic carbocycles. The van der Waals surface area contributed by atoms with E-state index in [1.54, 1.807) is 6.20 Å². The Balaban J connectivity index is 1.76. The zero-order valence-electron chi connectivity index (χ0n) is 13.0. The molecule has 112 valence electrons. The van der Waals surface area contributed by atoms with E-state index in [-0.39, 0.29) is 5.54 Å². The maximum atomic E-state index is 5.62. The van der Waals surface area contributed by atoms with Gasteiger partial charge >= 0.3 is 0 Å². The molecular formula is C18H19N3O. The van der Waals surface area contributed by atoms with Gasteiger partial charge in [-0.1, -0.05) is 18.2 Å². The van der Waals surface area contributed by atoms with Gasteiger partial charge < -0.3 is 4.74 Å². The molecule has 4 rings (SSSR count). The van der Waals surface area contributed by atoms with Gasteiger partial charge in [0.15, 0.2) is 5.90 Å². The lowest BCUT2D eigenvalue weighted by molar-refractivity contribution is 0.236. The number of hydrogen-bond donors (Lipinski definition) is 0. The molecule has 2 aliphatic rings. The molecule has 0 N–H and O–H groups in total. The molecule has 2 aromatic rings. The van der Waals surface area contributed by atoms with Crippen molar-refractivity contribution >= 4 is 5.90 Å². The molecule has 0 amide bonds. The minimum absolute atomic E-state index is 0.0476. The second-order valence-electron chi connectivity index (χ2n) is 6.31. The molecule has 0 unspecified atom stereocenters. The fourth-order valence-corrected chi connectivity index (χ4v) is 3.59. The van der Waals surface area contributed by atoms with Crippen molar-refractivity contribution in [3.8, 4) is 11.3 Å². The van der Waals surface area contributed by atoms with E-state index in [9.17, 15) is 0 Å². The number of aromatic nitrogens is 2. The lowest BCUT2D eigenvalue weighted by Crippen LogP contribution is -2.35. The van der Waals surface area contributed by atoms with Crippen LogP contribution in [0, 0.1) is 6.92 Å². The first-order valence-corrected chi connectivity index (χ1v) is 7.74. The Morgan fingerprint density at radius 2 is 2.09 bits per heavy atom. The molecule has 0 saturated heterocycles. The summed E-state index contributed by atoms with van der Waals surface area (Å²) in [6.45, 7) is 4.64. The van der Waals surface area contributed by atoms with Crippen LogP contribution in [0.4, 0.5) is 0 Å². The highest BCUT2D eigenvalue weighted by atomic mass is 16.5. The highest BCUT2D eigenvalue weighted by Gasteiger charge is 2.39. The number of aryl methyl sites for hydroxylation is 1. The van der Waals surface area contributed by atoms with E-state index in [1.165, 1.54) is 16.7 Å². The minimum Gasteiger partial charge on any atom is -0.479 e. The summed E-state index contributed by atoms with van der Waals surface area (Å²) >= 11 is 0. The van der Waals surface area contributed by atoms with Crippen molar-refractivity contribution in [2.75, 3.05) is 6.61 Å². The fourth-order valence-electron chi connectivity index (χ4n) is 3.59. The van der Waals surface area contributed by atoms with Crippen molar-refractivity contribution in [3.05, 3.63) is 47.4 Å². The Kier molecular flexibility index (Phi) is 2.99. The van der Waals surface area contributed by atoms with Gasteiger partial charge in [-0.3, -0.25) is 4.98 Å².